The lowest BCUT2D eigenvalue weighted by atomic mass is 10.2. The van der Waals surface area contributed by atoms with Crippen LogP contribution < -0.4 is 16.7 Å². The van der Waals surface area contributed by atoms with Crippen LogP contribution in [0.25, 0.3) is 12.2 Å². The van der Waals surface area contributed by atoms with Crippen molar-refractivity contribution in [2.75, 3.05) is 11.2 Å². The van der Waals surface area contributed by atoms with E-state index < -0.39 is 5.56 Å². The fourth-order valence-electron chi connectivity index (χ4n) is 2.12. The predicted molar refractivity (Wildman–Crippen MR) is 101 cm³/mol. The van der Waals surface area contributed by atoms with Crippen molar-refractivity contribution in [3.8, 4) is 0 Å². The quantitative estimate of drug-likeness (QED) is 0.703. The van der Waals surface area contributed by atoms with E-state index in [2.05, 4.69) is 15.5 Å². The molecule has 0 aliphatic rings. The number of rotatable bonds is 4. The number of aromatic nitrogens is 3. The minimum Gasteiger partial charge on any atom is -0.333 e. The van der Waals surface area contributed by atoms with Gasteiger partial charge < -0.3 is 11.2 Å². The first-order chi connectivity index (χ1) is 12.0. The lowest BCUT2D eigenvalue weighted by Gasteiger charge is -2.09. The van der Waals surface area contributed by atoms with E-state index in [0.717, 1.165) is 21.5 Å². The molecule has 0 spiro atoms. The van der Waals surface area contributed by atoms with Gasteiger partial charge in [0.05, 0.1) is 0 Å². The SMILES string of the molecule is Cc1ccc(Nc2nnc(/C=C/c3ccc(Cl)cc3)c(=O)n2N)cc1. The highest BCUT2D eigenvalue weighted by Crippen LogP contribution is 2.14. The van der Waals surface area contributed by atoms with Crippen LogP contribution in [0.4, 0.5) is 11.6 Å². The number of anilines is 2. The molecule has 3 rings (SSSR count). The molecule has 126 valence electrons. The van der Waals surface area contributed by atoms with Gasteiger partial charge in [0.15, 0.2) is 5.69 Å². The first-order valence-corrected chi connectivity index (χ1v) is 7.93. The fraction of sp³-hybridized carbons (Fsp3) is 0.0556. The highest BCUT2D eigenvalue weighted by atomic mass is 35.5. The Balaban J connectivity index is 1.83. The topological polar surface area (TPSA) is 85.8 Å². The third-order valence-electron chi connectivity index (χ3n) is 3.53. The molecule has 0 saturated heterocycles. The molecule has 0 amide bonds. The van der Waals surface area contributed by atoms with Gasteiger partial charge in [-0.15, -0.1) is 10.2 Å². The standard InChI is InChI=1S/C18H16ClN5O/c1-12-2-9-15(10-3-12)21-18-23-22-16(17(25)24(18)20)11-6-13-4-7-14(19)8-5-13/h2-11H,20H2,1H3,(H,21,23)/b11-6+. The van der Waals surface area contributed by atoms with Gasteiger partial charge in [0.25, 0.3) is 5.56 Å². The van der Waals surface area contributed by atoms with Gasteiger partial charge in [0.2, 0.25) is 5.95 Å². The number of nitrogens with two attached hydrogens (primary N) is 1. The van der Waals surface area contributed by atoms with Crippen molar-refractivity contribution in [1.29, 1.82) is 0 Å². The minimum atomic E-state index is -0.449. The van der Waals surface area contributed by atoms with E-state index in [0.29, 0.717) is 5.02 Å². The second-order valence-electron chi connectivity index (χ2n) is 5.46. The van der Waals surface area contributed by atoms with Crippen molar-refractivity contribution in [1.82, 2.24) is 14.9 Å². The first kappa shape index (κ1) is 16.7. The molecule has 1 aromatic heterocycles. The zero-order chi connectivity index (χ0) is 17.8. The lowest BCUT2D eigenvalue weighted by Crippen LogP contribution is -2.32. The normalized spacial score (nSPS) is 11.0. The molecule has 0 bridgehead atoms. The van der Waals surface area contributed by atoms with Crippen LogP contribution in [0.5, 0.6) is 0 Å². The van der Waals surface area contributed by atoms with Gasteiger partial charge in [-0.25, -0.2) is 0 Å². The molecule has 6 nitrogen and oxygen atoms in total. The zero-order valence-corrected chi connectivity index (χ0v) is 14.2. The van der Waals surface area contributed by atoms with Gasteiger partial charge in [-0.1, -0.05) is 47.5 Å². The molecule has 0 aliphatic heterocycles. The van der Waals surface area contributed by atoms with Crippen molar-refractivity contribution in [2.45, 2.75) is 6.92 Å². The van der Waals surface area contributed by atoms with Crippen LogP contribution in [0.1, 0.15) is 16.8 Å². The molecule has 2 aromatic carbocycles. The van der Waals surface area contributed by atoms with E-state index in [1.165, 1.54) is 0 Å². The molecule has 25 heavy (non-hydrogen) atoms. The number of halogens is 1. The van der Waals surface area contributed by atoms with Crippen molar-refractivity contribution in [2.24, 2.45) is 0 Å². The Morgan fingerprint density at radius 1 is 1.04 bits per heavy atom. The van der Waals surface area contributed by atoms with Crippen molar-refractivity contribution in [3.05, 3.63) is 80.7 Å². The van der Waals surface area contributed by atoms with Crippen LogP contribution in [0.3, 0.4) is 0 Å². The molecular formula is C18H16ClN5O. The molecule has 0 aliphatic carbocycles. The van der Waals surface area contributed by atoms with Crippen LogP contribution in [-0.2, 0) is 0 Å². The second kappa shape index (κ2) is 7.19. The van der Waals surface area contributed by atoms with E-state index in [4.69, 9.17) is 17.4 Å². The summed E-state index contributed by atoms with van der Waals surface area (Å²) in [5, 5.41) is 11.6. The van der Waals surface area contributed by atoms with Gasteiger partial charge in [-0.05, 0) is 42.8 Å². The Kier molecular flexibility index (Phi) is 4.81. The summed E-state index contributed by atoms with van der Waals surface area (Å²) in [7, 11) is 0. The Labute approximate surface area is 149 Å². The van der Waals surface area contributed by atoms with Crippen LogP contribution >= 0.6 is 11.6 Å². The van der Waals surface area contributed by atoms with E-state index in [1.54, 1.807) is 24.3 Å². The molecule has 0 unspecified atom stereocenters. The van der Waals surface area contributed by atoms with E-state index in [1.807, 2.05) is 43.3 Å². The summed E-state index contributed by atoms with van der Waals surface area (Å²) in [5.41, 5.74) is 2.48. The fourth-order valence-corrected chi connectivity index (χ4v) is 2.24. The summed E-state index contributed by atoms with van der Waals surface area (Å²) in [5.74, 6) is 6.00. The highest BCUT2D eigenvalue weighted by Gasteiger charge is 2.08. The van der Waals surface area contributed by atoms with Crippen LogP contribution in [0.15, 0.2) is 53.3 Å². The molecule has 3 N–H and O–H groups in total. The van der Waals surface area contributed by atoms with E-state index >= 15 is 0 Å². The van der Waals surface area contributed by atoms with Gasteiger partial charge in [0.1, 0.15) is 0 Å². The Hall–Kier alpha value is -3.12. The zero-order valence-electron chi connectivity index (χ0n) is 13.5. The van der Waals surface area contributed by atoms with Crippen molar-refractivity contribution in [3.63, 3.8) is 0 Å². The number of nitrogens with zero attached hydrogens (tertiary/aromatic N) is 3. The summed E-state index contributed by atoms with van der Waals surface area (Å²) in [4.78, 5) is 12.3. The average Bonchev–Trinajstić information content (AvgIpc) is 2.61. The Bertz CT molecular complexity index is 962. The molecular weight excluding hydrogens is 338 g/mol. The molecule has 1 heterocycles. The van der Waals surface area contributed by atoms with Gasteiger partial charge in [0, 0.05) is 10.7 Å². The summed E-state index contributed by atoms with van der Waals surface area (Å²) in [6.07, 6.45) is 3.31. The van der Waals surface area contributed by atoms with Crippen molar-refractivity contribution < 1.29 is 0 Å². The third-order valence-corrected chi connectivity index (χ3v) is 3.78. The maximum atomic E-state index is 12.3. The van der Waals surface area contributed by atoms with Crippen LogP contribution in [-0.4, -0.2) is 14.9 Å². The number of benzene rings is 2. The molecule has 7 heteroatoms. The Morgan fingerprint density at radius 2 is 1.72 bits per heavy atom. The second-order valence-corrected chi connectivity index (χ2v) is 5.90. The largest absolute Gasteiger partial charge is 0.333 e. The van der Waals surface area contributed by atoms with Crippen LogP contribution in [0, 0.1) is 6.92 Å². The molecule has 3 aromatic rings. The lowest BCUT2D eigenvalue weighted by molar-refractivity contribution is 0.828. The maximum absolute atomic E-state index is 12.3. The molecule has 0 atom stereocenters. The molecule has 0 radical (unpaired) electrons. The summed E-state index contributed by atoms with van der Waals surface area (Å²) >= 11 is 5.84. The Morgan fingerprint density at radius 3 is 2.40 bits per heavy atom. The molecule has 0 fully saturated rings. The number of nitrogen functional groups attached to an aromatic ring is 1. The number of hydrogen-bond acceptors (Lipinski definition) is 5. The number of aryl methyl sites for hydroxylation is 1. The predicted octanol–water partition coefficient (Wildman–Crippen LogP) is 3.23. The average molecular weight is 354 g/mol. The summed E-state index contributed by atoms with van der Waals surface area (Å²) < 4.78 is 0.939. The monoisotopic (exact) mass is 353 g/mol. The van der Waals surface area contributed by atoms with Crippen LogP contribution in [0.2, 0.25) is 5.02 Å². The highest BCUT2D eigenvalue weighted by molar-refractivity contribution is 6.30. The smallest absolute Gasteiger partial charge is 0.299 e. The number of nitrogens with one attached hydrogen (secondary N) is 1. The van der Waals surface area contributed by atoms with Crippen molar-refractivity contribution >= 4 is 35.4 Å². The number of hydrogen-bond donors (Lipinski definition) is 2. The van der Waals surface area contributed by atoms with E-state index in [9.17, 15) is 4.79 Å². The maximum Gasteiger partial charge on any atom is 0.299 e. The molecule has 0 saturated carbocycles. The van der Waals surface area contributed by atoms with Gasteiger partial charge >= 0.3 is 0 Å². The van der Waals surface area contributed by atoms with E-state index in [-0.39, 0.29) is 11.6 Å². The first-order valence-electron chi connectivity index (χ1n) is 7.55. The minimum absolute atomic E-state index is 0.145. The summed E-state index contributed by atoms with van der Waals surface area (Å²) in [6, 6.07) is 14.8. The van der Waals surface area contributed by atoms with Gasteiger partial charge in [-0.3, -0.25) is 4.79 Å². The third kappa shape index (κ3) is 4.05. The summed E-state index contributed by atoms with van der Waals surface area (Å²) in [6.45, 7) is 1.99. The van der Waals surface area contributed by atoms with Gasteiger partial charge in [-0.2, -0.15) is 4.68 Å².